The quantitative estimate of drug-likeness (QED) is 0.763. The van der Waals surface area contributed by atoms with E-state index in [-0.39, 0.29) is 12.1 Å². The van der Waals surface area contributed by atoms with Gasteiger partial charge in [0, 0.05) is 0 Å². The Hall–Kier alpha value is -1.52. The molecule has 1 aromatic heterocycles. The molecule has 5 heteroatoms. The summed E-state index contributed by atoms with van der Waals surface area (Å²) >= 11 is 0. The average molecular weight is 207 g/mol. The number of carbonyl (C=O) groups excluding carboxylic acids is 1. The smallest absolute Gasteiger partial charge is 0.407 e. The highest BCUT2D eigenvalue weighted by Gasteiger charge is 2.29. The van der Waals surface area contributed by atoms with E-state index in [1.165, 1.54) is 19.3 Å². The number of amides is 1. The Labute approximate surface area is 87.4 Å². The number of nitrogens with one attached hydrogen (secondary N) is 1. The van der Waals surface area contributed by atoms with E-state index in [4.69, 9.17) is 4.74 Å². The molecule has 1 aliphatic heterocycles. The Kier molecular flexibility index (Phi) is 1.74. The lowest BCUT2D eigenvalue weighted by atomic mass is 9.93. The summed E-state index contributed by atoms with van der Waals surface area (Å²) < 4.78 is 7.00. The van der Waals surface area contributed by atoms with Crippen LogP contribution in [0, 0.1) is 0 Å². The number of rotatable bonds is 1. The van der Waals surface area contributed by atoms with Crippen LogP contribution in [-0.4, -0.2) is 15.9 Å². The number of fused-ring (bicyclic) bond motifs is 1. The van der Waals surface area contributed by atoms with Crippen molar-refractivity contribution in [3.8, 4) is 5.75 Å². The number of ether oxygens (including phenoxy) is 1. The van der Waals surface area contributed by atoms with Crippen molar-refractivity contribution in [3.63, 3.8) is 0 Å². The topological polar surface area (TPSA) is 56.1 Å². The van der Waals surface area contributed by atoms with Crippen molar-refractivity contribution in [2.24, 2.45) is 0 Å². The maximum Gasteiger partial charge on any atom is 0.413 e. The number of aromatic nitrogens is 2. The molecule has 1 N–H and O–H groups in total. The molecule has 1 unspecified atom stereocenters. The summed E-state index contributed by atoms with van der Waals surface area (Å²) in [6.07, 6.45) is 5.08. The monoisotopic (exact) mass is 207 g/mol. The molecule has 2 aliphatic rings. The third-order valence-electron chi connectivity index (χ3n) is 3.12. The van der Waals surface area contributed by atoms with Gasteiger partial charge in [-0.25, -0.2) is 4.79 Å². The van der Waals surface area contributed by atoms with Crippen LogP contribution in [0.5, 0.6) is 5.75 Å². The van der Waals surface area contributed by atoms with Crippen molar-refractivity contribution in [1.29, 1.82) is 0 Å². The van der Waals surface area contributed by atoms with Gasteiger partial charge in [0.25, 0.3) is 0 Å². The summed E-state index contributed by atoms with van der Waals surface area (Å²) in [6.45, 7) is 1.91. The molecule has 1 amide bonds. The van der Waals surface area contributed by atoms with Gasteiger partial charge < -0.3 is 10.1 Å². The van der Waals surface area contributed by atoms with Gasteiger partial charge in [0.15, 0.2) is 5.75 Å². The predicted molar refractivity (Wildman–Crippen MR) is 52.7 cm³/mol. The third kappa shape index (κ3) is 1.30. The van der Waals surface area contributed by atoms with Crippen LogP contribution in [0.3, 0.4) is 0 Å². The van der Waals surface area contributed by atoms with Crippen LogP contribution in [0.15, 0.2) is 6.20 Å². The molecule has 0 bridgehead atoms. The summed E-state index contributed by atoms with van der Waals surface area (Å²) in [4.78, 5) is 11.1. The van der Waals surface area contributed by atoms with Gasteiger partial charge in [-0.1, -0.05) is 0 Å². The van der Waals surface area contributed by atoms with Crippen molar-refractivity contribution < 1.29 is 9.53 Å². The van der Waals surface area contributed by atoms with Crippen molar-refractivity contribution in [2.75, 3.05) is 0 Å². The molecule has 1 atom stereocenters. The van der Waals surface area contributed by atoms with Crippen LogP contribution in [0.4, 0.5) is 4.79 Å². The number of hydrogen-bond donors (Lipinski definition) is 1. The van der Waals surface area contributed by atoms with E-state index in [0.29, 0.717) is 11.8 Å². The molecule has 15 heavy (non-hydrogen) atoms. The standard InChI is InChI=1S/C10H13N3O2/c1-6-9-8(15-10(14)11-6)5-13(12-9)7-3-2-4-7/h5-7H,2-4H2,1H3,(H,11,14). The molecule has 0 spiro atoms. The molecule has 0 aromatic carbocycles. The lowest BCUT2D eigenvalue weighted by Crippen LogP contribution is -2.34. The predicted octanol–water partition coefficient (Wildman–Crippen LogP) is 1.77. The Balaban J connectivity index is 1.95. The van der Waals surface area contributed by atoms with Gasteiger partial charge in [0.05, 0.1) is 18.3 Å². The minimum Gasteiger partial charge on any atom is -0.407 e. The van der Waals surface area contributed by atoms with Gasteiger partial charge in [-0.3, -0.25) is 4.68 Å². The molecule has 3 rings (SSSR count). The van der Waals surface area contributed by atoms with Crippen LogP contribution in [-0.2, 0) is 0 Å². The highest BCUT2D eigenvalue weighted by Crippen LogP contribution is 2.35. The minimum absolute atomic E-state index is 0.0532. The van der Waals surface area contributed by atoms with Gasteiger partial charge in [-0.2, -0.15) is 5.10 Å². The molecule has 5 nitrogen and oxygen atoms in total. The SMILES string of the molecule is CC1NC(=O)Oc2cn(C3CCC3)nc21. The van der Waals surface area contributed by atoms with Gasteiger partial charge in [0.2, 0.25) is 0 Å². The summed E-state index contributed by atoms with van der Waals surface area (Å²) in [5.74, 6) is 0.609. The largest absolute Gasteiger partial charge is 0.413 e. The Morgan fingerprint density at radius 3 is 3.07 bits per heavy atom. The zero-order chi connectivity index (χ0) is 10.4. The average Bonchev–Trinajstić information content (AvgIpc) is 2.44. The number of nitrogens with zero attached hydrogens (tertiary/aromatic N) is 2. The van der Waals surface area contributed by atoms with Gasteiger partial charge >= 0.3 is 6.09 Å². The lowest BCUT2D eigenvalue weighted by Gasteiger charge is -2.25. The van der Waals surface area contributed by atoms with Crippen LogP contribution in [0.2, 0.25) is 0 Å². The van der Waals surface area contributed by atoms with Crippen molar-refractivity contribution >= 4 is 6.09 Å². The highest BCUT2D eigenvalue weighted by molar-refractivity contribution is 5.73. The molecule has 1 saturated carbocycles. The second-order valence-corrected chi connectivity index (χ2v) is 4.20. The second-order valence-electron chi connectivity index (χ2n) is 4.20. The van der Waals surface area contributed by atoms with E-state index in [0.717, 1.165) is 5.69 Å². The fourth-order valence-electron chi connectivity index (χ4n) is 1.98. The molecular formula is C10H13N3O2. The van der Waals surface area contributed by atoms with Crippen LogP contribution in [0.25, 0.3) is 0 Å². The Morgan fingerprint density at radius 1 is 1.60 bits per heavy atom. The van der Waals surface area contributed by atoms with E-state index in [9.17, 15) is 4.79 Å². The van der Waals surface area contributed by atoms with E-state index in [1.54, 1.807) is 0 Å². The van der Waals surface area contributed by atoms with Crippen LogP contribution in [0.1, 0.15) is 44.0 Å². The van der Waals surface area contributed by atoms with Gasteiger partial charge in [-0.05, 0) is 26.2 Å². The second kappa shape index (κ2) is 2.98. The molecule has 0 saturated heterocycles. The van der Waals surface area contributed by atoms with Crippen LogP contribution >= 0.6 is 0 Å². The van der Waals surface area contributed by atoms with Gasteiger partial charge in [0.1, 0.15) is 5.69 Å². The van der Waals surface area contributed by atoms with Crippen molar-refractivity contribution in [1.82, 2.24) is 15.1 Å². The third-order valence-corrected chi connectivity index (χ3v) is 3.12. The number of carbonyl (C=O) groups is 1. The first-order valence-electron chi connectivity index (χ1n) is 5.31. The van der Waals surface area contributed by atoms with E-state index < -0.39 is 0 Å². The molecule has 2 heterocycles. The first-order valence-corrected chi connectivity index (χ1v) is 5.31. The van der Waals surface area contributed by atoms with Crippen molar-refractivity contribution in [2.45, 2.75) is 38.3 Å². The molecule has 1 fully saturated rings. The maximum absolute atomic E-state index is 11.1. The molecular weight excluding hydrogens is 194 g/mol. The van der Waals surface area contributed by atoms with Crippen molar-refractivity contribution in [3.05, 3.63) is 11.9 Å². The Bertz CT molecular complexity index is 409. The maximum atomic E-state index is 11.1. The first-order chi connectivity index (χ1) is 7.24. The van der Waals surface area contributed by atoms with E-state index >= 15 is 0 Å². The lowest BCUT2D eigenvalue weighted by molar-refractivity contribution is 0.189. The van der Waals surface area contributed by atoms with E-state index in [1.807, 2.05) is 17.8 Å². The fourth-order valence-corrected chi connectivity index (χ4v) is 1.98. The zero-order valence-corrected chi connectivity index (χ0v) is 8.56. The van der Waals surface area contributed by atoms with Gasteiger partial charge in [-0.15, -0.1) is 0 Å². The summed E-state index contributed by atoms with van der Waals surface area (Å²) in [5.41, 5.74) is 0.835. The molecule has 1 aliphatic carbocycles. The number of hydrogen-bond acceptors (Lipinski definition) is 3. The molecule has 1 aromatic rings. The van der Waals surface area contributed by atoms with E-state index in [2.05, 4.69) is 10.4 Å². The minimum atomic E-state index is -0.386. The Morgan fingerprint density at radius 2 is 2.40 bits per heavy atom. The summed E-state index contributed by atoms with van der Waals surface area (Å²) in [5, 5.41) is 7.15. The normalized spacial score (nSPS) is 25.1. The highest BCUT2D eigenvalue weighted by atomic mass is 16.6. The first kappa shape index (κ1) is 8.76. The zero-order valence-electron chi connectivity index (χ0n) is 8.56. The molecule has 80 valence electrons. The van der Waals surface area contributed by atoms with Crippen LogP contribution < -0.4 is 10.1 Å². The molecule has 0 radical (unpaired) electrons. The summed E-state index contributed by atoms with van der Waals surface area (Å²) in [7, 11) is 0. The fraction of sp³-hybridized carbons (Fsp3) is 0.600. The summed E-state index contributed by atoms with van der Waals surface area (Å²) in [6, 6.07) is 0.448.